The predicted octanol–water partition coefficient (Wildman–Crippen LogP) is 1.76. The van der Waals surface area contributed by atoms with Crippen molar-refractivity contribution in [3.05, 3.63) is 29.6 Å². The minimum absolute atomic E-state index is 0.0650. The third-order valence-corrected chi connectivity index (χ3v) is 3.75. The van der Waals surface area contributed by atoms with Crippen molar-refractivity contribution in [1.82, 2.24) is 9.80 Å². The summed E-state index contributed by atoms with van der Waals surface area (Å²) >= 11 is 0. The van der Waals surface area contributed by atoms with Crippen molar-refractivity contribution in [1.29, 1.82) is 0 Å². The highest BCUT2D eigenvalue weighted by molar-refractivity contribution is 5.73. The molecular formula is C14H19FN2O2. The molecule has 1 aliphatic rings. The molecule has 1 aromatic carbocycles. The van der Waals surface area contributed by atoms with Gasteiger partial charge in [0, 0.05) is 44.7 Å². The standard InChI is InChI=1S/C14H19FN2O2/c1-10(13-9-12(15)3-4-14(13)19)16-5-7-17(8-6-16)11(2)18/h3-4,9-10,19H,5-8H2,1-2H3. The summed E-state index contributed by atoms with van der Waals surface area (Å²) in [5.74, 6) is -0.147. The molecule has 5 heteroatoms. The van der Waals surface area contributed by atoms with Crippen LogP contribution in [-0.4, -0.2) is 47.0 Å². The van der Waals surface area contributed by atoms with Gasteiger partial charge in [0.15, 0.2) is 0 Å². The molecule has 1 unspecified atom stereocenters. The lowest BCUT2D eigenvalue weighted by molar-refractivity contribution is -0.130. The summed E-state index contributed by atoms with van der Waals surface area (Å²) in [5.41, 5.74) is 0.594. The zero-order chi connectivity index (χ0) is 14.0. The van der Waals surface area contributed by atoms with Crippen LogP contribution in [0.5, 0.6) is 5.75 Å². The van der Waals surface area contributed by atoms with E-state index in [1.165, 1.54) is 18.2 Å². The topological polar surface area (TPSA) is 43.8 Å². The van der Waals surface area contributed by atoms with Crippen LogP contribution in [0.4, 0.5) is 4.39 Å². The average Bonchev–Trinajstić information content (AvgIpc) is 2.41. The molecule has 1 fully saturated rings. The maximum atomic E-state index is 13.3. The van der Waals surface area contributed by atoms with Gasteiger partial charge in [0.05, 0.1) is 0 Å². The molecule has 0 aromatic heterocycles. The molecule has 1 heterocycles. The van der Waals surface area contributed by atoms with Gasteiger partial charge < -0.3 is 10.0 Å². The van der Waals surface area contributed by atoms with Crippen LogP contribution in [-0.2, 0) is 4.79 Å². The van der Waals surface area contributed by atoms with Crippen molar-refractivity contribution >= 4 is 5.91 Å². The second-order valence-electron chi connectivity index (χ2n) is 4.92. The number of aromatic hydroxyl groups is 1. The molecule has 4 nitrogen and oxygen atoms in total. The fraction of sp³-hybridized carbons (Fsp3) is 0.500. The Bertz CT molecular complexity index is 471. The first-order valence-corrected chi connectivity index (χ1v) is 6.47. The van der Waals surface area contributed by atoms with E-state index < -0.39 is 0 Å². The molecule has 1 saturated heterocycles. The van der Waals surface area contributed by atoms with Crippen LogP contribution in [0, 0.1) is 5.82 Å². The lowest BCUT2D eigenvalue weighted by Crippen LogP contribution is -2.48. The molecule has 0 radical (unpaired) electrons. The number of phenols is 1. The molecule has 0 spiro atoms. The molecule has 104 valence electrons. The van der Waals surface area contributed by atoms with Crippen LogP contribution in [0.25, 0.3) is 0 Å². The van der Waals surface area contributed by atoms with E-state index in [0.29, 0.717) is 18.7 Å². The van der Waals surface area contributed by atoms with Crippen LogP contribution in [0.3, 0.4) is 0 Å². The number of nitrogens with zero attached hydrogens (tertiary/aromatic N) is 2. The lowest BCUT2D eigenvalue weighted by atomic mass is 10.0. The number of hydrogen-bond acceptors (Lipinski definition) is 3. The van der Waals surface area contributed by atoms with Crippen LogP contribution >= 0.6 is 0 Å². The summed E-state index contributed by atoms with van der Waals surface area (Å²) in [5, 5.41) is 9.82. The van der Waals surface area contributed by atoms with Crippen LogP contribution < -0.4 is 0 Å². The molecule has 2 rings (SSSR count). The van der Waals surface area contributed by atoms with Gasteiger partial charge in [0.25, 0.3) is 0 Å². The Morgan fingerprint density at radius 2 is 1.95 bits per heavy atom. The summed E-state index contributed by atoms with van der Waals surface area (Å²) in [4.78, 5) is 15.2. The molecular weight excluding hydrogens is 247 g/mol. The van der Waals surface area contributed by atoms with Crippen molar-refractivity contribution < 1.29 is 14.3 Å². The van der Waals surface area contributed by atoms with Gasteiger partial charge in [-0.15, -0.1) is 0 Å². The molecule has 1 amide bonds. The van der Waals surface area contributed by atoms with E-state index >= 15 is 0 Å². The molecule has 0 aliphatic carbocycles. The summed E-state index contributed by atoms with van der Waals surface area (Å²) in [6.07, 6.45) is 0. The first-order valence-electron chi connectivity index (χ1n) is 6.47. The van der Waals surface area contributed by atoms with Crippen molar-refractivity contribution in [3.8, 4) is 5.75 Å². The maximum absolute atomic E-state index is 13.3. The van der Waals surface area contributed by atoms with Gasteiger partial charge in [-0.25, -0.2) is 4.39 Å². The summed E-state index contributed by atoms with van der Waals surface area (Å²) < 4.78 is 13.3. The third kappa shape index (κ3) is 3.04. The molecule has 1 atom stereocenters. The Morgan fingerprint density at radius 3 is 2.53 bits per heavy atom. The SMILES string of the molecule is CC(=O)N1CCN(C(C)c2cc(F)ccc2O)CC1. The van der Waals surface area contributed by atoms with E-state index in [-0.39, 0.29) is 23.5 Å². The zero-order valence-corrected chi connectivity index (χ0v) is 11.3. The van der Waals surface area contributed by atoms with Gasteiger partial charge in [-0.2, -0.15) is 0 Å². The van der Waals surface area contributed by atoms with E-state index in [9.17, 15) is 14.3 Å². The number of carbonyl (C=O) groups is 1. The maximum Gasteiger partial charge on any atom is 0.219 e. The number of rotatable bonds is 2. The number of phenolic OH excluding ortho intramolecular Hbond substituents is 1. The van der Waals surface area contributed by atoms with E-state index in [4.69, 9.17) is 0 Å². The van der Waals surface area contributed by atoms with Crippen LogP contribution in [0.2, 0.25) is 0 Å². The fourth-order valence-electron chi connectivity index (χ4n) is 2.48. The van der Waals surface area contributed by atoms with Crippen molar-refractivity contribution in [3.63, 3.8) is 0 Å². The average molecular weight is 266 g/mol. The first kappa shape index (κ1) is 13.8. The van der Waals surface area contributed by atoms with E-state index in [2.05, 4.69) is 4.90 Å². The second-order valence-corrected chi connectivity index (χ2v) is 4.92. The highest BCUT2D eigenvalue weighted by Crippen LogP contribution is 2.29. The third-order valence-electron chi connectivity index (χ3n) is 3.75. The molecule has 1 N–H and O–H groups in total. The van der Waals surface area contributed by atoms with E-state index in [1.807, 2.05) is 6.92 Å². The summed E-state index contributed by atoms with van der Waals surface area (Å²) in [6.45, 7) is 6.33. The number of hydrogen-bond donors (Lipinski definition) is 1. The van der Waals surface area contributed by atoms with E-state index in [0.717, 1.165) is 13.1 Å². The second kappa shape index (κ2) is 5.57. The van der Waals surface area contributed by atoms with Gasteiger partial charge in [0.1, 0.15) is 11.6 Å². The lowest BCUT2D eigenvalue weighted by Gasteiger charge is -2.38. The zero-order valence-electron chi connectivity index (χ0n) is 11.3. The molecule has 0 bridgehead atoms. The minimum Gasteiger partial charge on any atom is -0.508 e. The fourth-order valence-corrected chi connectivity index (χ4v) is 2.48. The Kier molecular flexibility index (Phi) is 4.04. The molecule has 0 saturated carbocycles. The number of halogens is 1. The van der Waals surface area contributed by atoms with E-state index in [1.54, 1.807) is 11.8 Å². The number of benzene rings is 1. The molecule has 1 aliphatic heterocycles. The molecule has 19 heavy (non-hydrogen) atoms. The Balaban J connectivity index is 2.07. The predicted molar refractivity (Wildman–Crippen MR) is 70.3 cm³/mol. The highest BCUT2D eigenvalue weighted by atomic mass is 19.1. The van der Waals surface area contributed by atoms with Crippen LogP contribution in [0.1, 0.15) is 25.5 Å². The monoisotopic (exact) mass is 266 g/mol. The minimum atomic E-state index is -0.345. The quantitative estimate of drug-likeness (QED) is 0.887. The van der Waals surface area contributed by atoms with Crippen molar-refractivity contribution in [2.75, 3.05) is 26.2 Å². The number of amides is 1. The summed E-state index contributed by atoms with van der Waals surface area (Å²) in [6, 6.07) is 3.94. The summed E-state index contributed by atoms with van der Waals surface area (Å²) in [7, 11) is 0. The van der Waals surface area contributed by atoms with Gasteiger partial charge in [-0.05, 0) is 25.1 Å². The normalized spacial score (nSPS) is 18.4. The Hall–Kier alpha value is -1.62. The molecule has 1 aromatic rings. The van der Waals surface area contributed by atoms with Crippen molar-refractivity contribution in [2.45, 2.75) is 19.9 Å². The Morgan fingerprint density at radius 1 is 1.32 bits per heavy atom. The largest absolute Gasteiger partial charge is 0.508 e. The number of piperazine rings is 1. The van der Waals surface area contributed by atoms with Gasteiger partial charge >= 0.3 is 0 Å². The van der Waals surface area contributed by atoms with Crippen LogP contribution in [0.15, 0.2) is 18.2 Å². The van der Waals surface area contributed by atoms with Gasteiger partial charge in [-0.3, -0.25) is 9.69 Å². The van der Waals surface area contributed by atoms with Gasteiger partial charge in [-0.1, -0.05) is 0 Å². The van der Waals surface area contributed by atoms with Crippen molar-refractivity contribution in [2.24, 2.45) is 0 Å². The first-order chi connectivity index (χ1) is 8.99. The highest BCUT2D eigenvalue weighted by Gasteiger charge is 2.24. The van der Waals surface area contributed by atoms with Gasteiger partial charge in [0.2, 0.25) is 5.91 Å². The number of carbonyl (C=O) groups excluding carboxylic acids is 1. The smallest absolute Gasteiger partial charge is 0.219 e. The Labute approximate surface area is 112 Å².